The lowest BCUT2D eigenvalue weighted by molar-refractivity contribution is -0.129. The number of benzene rings is 1. The molecule has 0 spiro atoms. The number of carbonyl (C=O) groups is 2. The molecule has 1 aromatic rings. The van der Waals surface area contributed by atoms with Crippen molar-refractivity contribution in [2.75, 3.05) is 5.32 Å². The number of nitrogens with one attached hydrogen (secondary N) is 2. The molecule has 4 fully saturated rings. The summed E-state index contributed by atoms with van der Waals surface area (Å²) in [4.78, 5) is 23.7. The number of hydrogen-bond donors (Lipinski definition) is 2. The number of carbonyl (C=O) groups excluding carboxylic acids is 2. The third kappa shape index (κ3) is 4.07. The number of amides is 2. The molecule has 2 amide bonds. The van der Waals surface area contributed by atoms with E-state index < -0.39 is 0 Å². The van der Waals surface area contributed by atoms with Gasteiger partial charge in [-0.1, -0.05) is 12.1 Å². The van der Waals surface area contributed by atoms with Gasteiger partial charge in [0.2, 0.25) is 11.8 Å². The van der Waals surface area contributed by atoms with Gasteiger partial charge in [-0.05, 0) is 86.3 Å². The van der Waals surface area contributed by atoms with Crippen LogP contribution in [-0.2, 0) is 9.59 Å². The minimum absolute atomic E-state index is 0.0474. The average molecular weight is 367 g/mol. The van der Waals surface area contributed by atoms with Crippen LogP contribution in [0.15, 0.2) is 29.4 Å². The van der Waals surface area contributed by atoms with Gasteiger partial charge in [0.15, 0.2) is 0 Å². The molecule has 0 radical (unpaired) electrons. The molecular formula is C22H29N3O2. The molecule has 4 aliphatic rings. The quantitative estimate of drug-likeness (QED) is 0.608. The Kier molecular flexibility index (Phi) is 4.79. The van der Waals surface area contributed by atoms with Crippen LogP contribution in [0.2, 0.25) is 0 Å². The van der Waals surface area contributed by atoms with Crippen molar-refractivity contribution in [2.45, 2.75) is 58.8 Å². The van der Waals surface area contributed by atoms with Gasteiger partial charge in [0.25, 0.3) is 0 Å². The van der Waals surface area contributed by atoms with Crippen molar-refractivity contribution in [1.82, 2.24) is 5.43 Å². The highest BCUT2D eigenvalue weighted by molar-refractivity contribution is 6.00. The molecule has 4 bridgehead atoms. The summed E-state index contributed by atoms with van der Waals surface area (Å²) in [6, 6.07) is 7.48. The molecule has 0 unspecified atom stereocenters. The van der Waals surface area contributed by atoms with Crippen molar-refractivity contribution in [3.05, 3.63) is 29.8 Å². The predicted molar refractivity (Wildman–Crippen MR) is 106 cm³/mol. The lowest BCUT2D eigenvalue weighted by Crippen LogP contribution is -2.47. The van der Waals surface area contributed by atoms with E-state index in [-0.39, 0.29) is 17.2 Å². The van der Waals surface area contributed by atoms with Gasteiger partial charge < -0.3 is 5.32 Å². The molecule has 5 heteroatoms. The van der Waals surface area contributed by atoms with Crippen LogP contribution in [0.5, 0.6) is 0 Å². The van der Waals surface area contributed by atoms with Gasteiger partial charge in [0.05, 0.1) is 5.71 Å². The van der Waals surface area contributed by atoms with Gasteiger partial charge in [-0.25, -0.2) is 5.43 Å². The summed E-state index contributed by atoms with van der Waals surface area (Å²) in [5.41, 5.74) is 5.47. The van der Waals surface area contributed by atoms with Crippen LogP contribution >= 0.6 is 0 Å². The first-order valence-electron chi connectivity index (χ1n) is 10.1. The van der Waals surface area contributed by atoms with E-state index >= 15 is 0 Å². The first-order chi connectivity index (χ1) is 12.9. The minimum atomic E-state index is -0.0925. The summed E-state index contributed by atoms with van der Waals surface area (Å²) in [6.07, 6.45) is 8.51. The highest BCUT2D eigenvalue weighted by Gasteiger charge is 2.51. The molecule has 5 rings (SSSR count). The summed E-state index contributed by atoms with van der Waals surface area (Å²) in [5, 5.41) is 7.06. The Morgan fingerprint density at radius 3 is 2.07 bits per heavy atom. The monoisotopic (exact) mass is 367 g/mol. The smallest absolute Gasteiger partial charge is 0.240 e. The zero-order valence-corrected chi connectivity index (χ0v) is 16.3. The fourth-order valence-electron chi connectivity index (χ4n) is 6.10. The fourth-order valence-corrected chi connectivity index (χ4v) is 6.10. The zero-order valence-electron chi connectivity index (χ0n) is 16.3. The number of hydrazone groups is 1. The summed E-state index contributed by atoms with van der Waals surface area (Å²) in [6.45, 7) is 3.37. The molecule has 4 saturated carbocycles. The predicted octanol–water partition coefficient (Wildman–Crippen LogP) is 4.09. The summed E-state index contributed by atoms with van der Waals surface area (Å²) >= 11 is 0. The molecule has 0 aliphatic heterocycles. The topological polar surface area (TPSA) is 70.6 Å². The lowest BCUT2D eigenvalue weighted by Gasteiger charge is -2.56. The van der Waals surface area contributed by atoms with Crippen LogP contribution < -0.4 is 10.7 Å². The Morgan fingerprint density at radius 2 is 1.56 bits per heavy atom. The van der Waals surface area contributed by atoms with Gasteiger partial charge in [-0.3, -0.25) is 9.59 Å². The molecule has 1 aromatic carbocycles. The van der Waals surface area contributed by atoms with Crippen LogP contribution in [0.1, 0.15) is 64.4 Å². The number of nitrogens with zero attached hydrogens (tertiary/aromatic N) is 1. The SMILES string of the molecule is CC(=O)Nc1ccc(/C(C)=N/NC(=O)CC23CC4CC(CC(C4)C2)C3)cc1. The summed E-state index contributed by atoms with van der Waals surface area (Å²) in [5.74, 6) is 2.53. The van der Waals surface area contributed by atoms with Crippen molar-refractivity contribution >= 4 is 23.2 Å². The Morgan fingerprint density at radius 1 is 1.00 bits per heavy atom. The molecule has 0 heterocycles. The molecule has 4 aliphatic carbocycles. The Balaban J connectivity index is 1.35. The van der Waals surface area contributed by atoms with E-state index in [1.807, 2.05) is 31.2 Å². The molecule has 27 heavy (non-hydrogen) atoms. The highest BCUT2D eigenvalue weighted by Crippen LogP contribution is 2.61. The van der Waals surface area contributed by atoms with E-state index in [0.717, 1.165) is 34.7 Å². The molecule has 0 atom stereocenters. The number of rotatable bonds is 5. The Labute approximate surface area is 161 Å². The molecule has 2 N–H and O–H groups in total. The first-order valence-corrected chi connectivity index (χ1v) is 10.1. The van der Waals surface area contributed by atoms with Crippen LogP contribution in [0.4, 0.5) is 5.69 Å². The maximum atomic E-state index is 12.6. The zero-order chi connectivity index (χ0) is 19.0. The van der Waals surface area contributed by atoms with Crippen molar-refractivity contribution < 1.29 is 9.59 Å². The van der Waals surface area contributed by atoms with Gasteiger partial charge in [0, 0.05) is 19.0 Å². The normalized spacial score (nSPS) is 31.6. The van der Waals surface area contributed by atoms with Crippen LogP contribution in [0.3, 0.4) is 0 Å². The largest absolute Gasteiger partial charge is 0.326 e. The minimum Gasteiger partial charge on any atom is -0.326 e. The average Bonchev–Trinajstić information content (AvgIpc) is 2.58. The van der Waals surface area contributed by atoms with Crippen molar-refractivity contribution in [3.63, 3.8) is 0 Å². The summed E-state index contributed by atoms with van der Waals surface area (Å²) in [7, 11) is 0. The van der Waals surface area contributed by atoms with Crippen molar-refractivity contribution in [2.24, 2.45) is 28.3 Å². The molecule has 5 nitrogen and oxygen atoms in total. The first kappa shape index (κ1) is 18.2. The number of hydrogen-bond acceptors (Lipinski definition) is 3. The maximum Gasteiger partial charge on any atom is 0.240 e. The van der Waals surface area contributed by atoms with Gasteiger partial charge in [-0.2, -0.15) is 5.10 Å². The van der Waals surface area contributed by atoms with Gasteiger partial charge in [-0.15, -0.1) is 0 Å². The van der Waals surface area contributed by atoms with Crippen molar-refractivity contribution in [3.8, 4) is 0 Å². The van der Waals surface area contributed by atoms with E-state index in [4.69, 9.17) is 0 Å². The van der Waals surface area contributed by atoms with E-state index in [9.17, 15) is 9.59 Å². The number of anilines is 1. The Bertz CT molecular complexity index is 731. The molecular weight excluding hydrogens is 338 g/mol. The highest BCUT2D eigenvalue weighted by atomic mass is 16.2. The van der Waals surface area contributed by atoms with E-state index in [1.165, 1.54) is 45.4 Å². The summed E-state index contributed by atoms with van der Waals surface area (Å²) < 4.78 is 0. The second kappa shape index (κ2) is 7.10. The maximum absolute atomic E-state index is 12.6. The second-order valence-corrected chi connectivity index (χ2v) is 9.09. The third-order valence-corrected chi connectivity index (χ3v) is 6.67. The fraction of sp³-hybridized carbons (Fsp3) is 0.591. The molecule has 144 valence electrons. The van der Waals surface area contributed by atoms with E-state index in [0.29, 0.717) is 6.42 Å². The second-order valence-electron chi connectivity index (χ2n) is 9.09. The lowest BCUT2D eigenvalue weighted by atomic mass is 9.49. The standard InChI is InChI=1S/C22H29N3O2/c1-14(19-3-5-20(6-4-19)23-15(2)26)24-25-21(27)13-22-10-16-7-17(11-22)9-18(8-16)12-22/h3-6,16-18H,7-13H2,1-2H3,(H,23,26)(H,25,27)/b24-14+. The van der Waals surface area contributed by atoms with Crippen LogP contribution in [-0.4, -0.2) is 17.5 Å². The van der Waals surface area contributed by atoms with E-state index in [2.05, 4.69) is 15.8 Å². The van der Waals surface area contributed by atoms with Crippen molar-refractivity contribution in [1.29, 1.82) is 0 Å². The van der Waals surface area contributed by atoms with Crippen LogP contribution in [0.25, 0.3) is 0 Å². The van der Waals surface area contributed by atoms with Gasteiger partial charge in [0.1, 0.15) is 0 Å². The van der Waals surface area contributed by atoms with Crippen LogP contribution in [0, 0.1) is 23.2 Å². The molecule has 0 aromatic heterocycles. The Hall–Kier alpha value is -2.17. The van der Waals surface area contributed by atoms with Gasteiger partial charge >= 0.3 is 0 Å². The molecule has 0 saturated heterocycles. The van der Waals surface area contributed by atoms with E-state index in [1.54, 1.807) is 0 Å². The third-order valence-electron chi connectivity index (χ3n) is 6.67.